The van der Waals surface area contributed by atoms with E-state index >= 15 is 0 Å². The van der Waals surface area contributed by atoms with Gasteiger partial charge in [-0.25, -0.2) is 0 Å². The topological polar surface area (TPSA) is 48.6 Å². The zero-order valence-electron chi connectivity index (χ0n) is 7.29. The van der Waals surface area contributed by atoms with Gasteiger partial charge in [0.05, 0.1) is 12.2 Å². The molecule has 1 aromatic rings. The molecule has 0 aliphatic rings. The molecule has 4 heteroatoms. The fourth-order valence-electron chi connectivity index (χ4n) is 0.854. The Morgan fingerprint density at radius 1 is 1.54 bits per heavy atom. The molecule has 0 spiro atoms. The zero-order chi connectivity index (χ0) is 9.68. The molecule has 0 aliphatic heterocycles. The van der Waals surface area contributed by atoms with Crippen LogP contribution < -0.4 is 0 Å². The number of hydrogen-bond donors (Lipinski definition) is 1. The Morgan fingerprint density at radius 2 is 2.31 bits per heavy atom. The molecular formula is C9H10ClN3. The number of rotatable bonds is 3. The highest BCUT2D eigenvalue weighted by atomic mass is 35.5. The smallest absolute Gasteiger partial charge is 0.0948 e. The molecule has 0 saturated carbocycles. The first-order chi connectivity index (χ1) is 6.24. The molecule has 0 atom stereocenters. The third-order valence-corrected chi connectivity index (χ3v) is 1.92. The van der Waals surface area contributed by atoms with Gasteiger partial charge in [0.15, 0.2) is 0 Å². The first-order valence-corrected chi connectivity index (χ1v) is 4.24. The second-order valence-electron chi connectivity index (χ2n) is 2.56. The predicted molar refractivity (Wildman–Crippen MR) is 54.4 cm³/mol. The van der Waals surface area contributed by atoms with Crippen LogP contribution in [0.3, 0.4) is 0 Å². The van der Waals surface area contributed by atoms with Crippen molar-refractivity contribution in [1.82, 2.24) is 0 Å². The fourth-order valence-corrected chi connectivity index (χ4v) is 0.972. The summed E-state index contributed by atoms with van der Waals surface area (Å²) < 4.78 is 0. The standard InChI is InChI=1S/C9H10ClN3/c1-7-6-8(2-3-9(7)10)13-12-5-4-11/h2-4,6,11H,5H2,1H3. The monoisotopic (exact) mass is 195 g/mol. The minimum atomic E-state index is 0.321. The highest BCUT2D eigenvalue weighted by Crippen LogP contribution is 2.21. The predicted octanol–water partition coefficient (Wildman–Crippen LogP) is 3.38. The van der Waals surface area contributed by atoms with Crippen molar-refractivity contribution in [3.63, 3.8) is 0 Å². The van der Waals surface area contributed by atoms with Gasteiger partial charge in [-0.1, -0.05) is 11.6 Å². The summed E-state index contributed by atoms with van der Waals surface area (Å²) in [6.07, 6.45) is 1.20. The normalized spacial score (nSPS) is 10.6. The van der Waals surface area contributed by atoms with Gasteiger partial charge in [-0.15, -0.1) is 0 Å². The van der Waals surface area contributed by atoms with Gasteiger partial charge in [0.2, 0.25) is 0 Å². The third kappa shape index (κ3) is 2.95. The molecule has 1 N–H and O–H groups in total. The Kier molecular flexibility index (Phi) is 3.58. The van der Waals surface area contributed by atoms with Crippen molar-refractivity contribution >= 4 is 23.5 Å². The lowest BCUT2D eigenvalue weighted by atomic mass is 10.2. The first kappa shape index (κ1) is 9.86. The van der Waals surface area contributed by atoms with Gasteiger partial charge in [-0.05, 0) is 30.7 Å². The van der Waals surface area contributed by atoms with Gasteiger partial charge in [0.1, 0.15) is 0 Å². The van der Waals surface area contributed by atoms with Crippen LogP contribution >= 0.6 is 11.6 Å². The summed E-state index contributed by atoms with van der Waals surface area (Å²) in [6, 6.07) is 5.44. The van der Waals surface area contributed by atoms with Gasteiger partial charge in [-0.3, -0.25) is 0 Å². The summed E-state index contributed by atoms with van der Waals surface area (Å²) in [6.45, 7) is 2.24. The van der Waals surface area contributed by atoms with Crippen molar-refractivity contribution in [1.29, 1.82) is 5.41 Å². The van der Waals surface area contributed by atoms with E-state index in [1.54, 1.807) is 12.1 Å². The van der Waals surface area contributed by atoms with Crippen LogP contribution in [0.25, 0.3) is 0 Å². The van der Waals surface area contributed by atoms with E-state index in [1.165, 1.54) is 6.21 Å². The van der Waals surface area contributed by atoms with Crippen LogP contribution in [0.5, 0.6) is 0 Å². The largest absolute Gasteiger partial charge is 0.311 e. The van der Waals surface area contributed by atoms with Gasteiger partial charge < -0.3 is 5.41 Å². The van der Waals surface area contributed by atoms with Crippen LogP contribution in [0.4, 0.5) is 5.69 Å². The fraction of sp³-hybridized carbons (Fsp3) is 0.222. The van der Waals surface area contributed by atoms with Crippen LogP contribution in [-0.4, -0.2) is 12.8 Å². The number of aryl methyl sites for hydroxylation is 1. The molecule has 0 saturated heterocycles. The van der Waals surface area contributed by atoms with E-state index < -0.39 is 0 Å². The van der Waals surface area contributed by atoms with Crippen LogP contribution in [0, 0.1) is 12.3 Å². The van der Waals surface area contributed by atoms with Crippen molar-refractivity contribution in [2.75, 3.05) is 6.54 Å². The van der Waals surface area contributed by atoms with Crippen LogP contribution in [0.15, 0.2) is 28.4 Å². The molecule has 1 rings (SSSR count). The lowest BCUT2D eigenvalue weighted by molar-refractivity contribution is 1.10. The SMILES string of the molecule is Cc1cc(N=NCC=N)ccc1Cl. The first-order valence-electron chi connectivity index (χ1n) is 3.86. The number of nitrogens with zero attached hydrogens (tertiary/aromatic N) is 2. The molecule has 0 aliphatic carbocycles. The zero-order valence-corrected chi connectivity index (χ0v) is 8.04. The van der Waals surface area contributed by atoms with Gasteiger partial charge in [-0.2, -0.15) is 10.2 Å². The second kappa shape index (κ2) is 4.72. The van der Waals surface area contributed by atoms with Crippen LogP contribution in [-0.2, 0) is 0 Å². The Labute approximate surface area is 82.0 Å². The second-order valence-corrected chi connectivity index (χ2v) is 2.97. The molecule has 3 nitrogen and oxygen atoms in total. The summed E-state index contributed by atoms with van der Waals surface area (Å²) >= 11 is 5.83. The minimum Gasteiger partial charge on any atom is -0.311 e. The van der Waals surface area contributed by atoms with E-state index in [0.717, 1.165) is 16.3 Å². The molecule has 1 aromatic carbocycles. The average molecular weight is 196 g/mol. The average Bonchev–Trinajstić information content (AvgIpc) is 2.12. The lowest BCUT2D eigenvalue weighted by Crippen LogP contribution is -1.76. The molecule has 68 valence electrons. The Morgan fingerprint density at radius 3 is 2.92 bits per heavy atom. The maximum atomic E-state index is 6.74. The number of benzene rings is 1. The van der Waals surface area contributed by atoms with Gasteiger partial charge in [0, 0.05) is 11.2 Å². The molecule has 0 aromatic heterocycles. The molecule has 0 amide bonds. The summed E-state index contributed by atoms with van der Waals surface area (Å²) in [7, 11) is 0. The minimum absolute atomic E-state index is 0.321. The number of halogens is 1. The van der Waals surface area contributed by atoms with Crippen LogP contribution in [0.1, 0.15) is 5.56 Å². The molecule has 13 heavy (non-hydrogen) atoms. The Bertz CT molecular complexity index is 334. The molecular weight excluding hydrogens is 186 g/mol. The molecule has 0 bridgehead atoms. The van der Waals surface area contributed by atoms with Crippen molar-refractivity contribution < 1.29 is 0 Å². The Balaban J connectivity index is 2.79. The maximum Gasteiger partial charge on any atom is 0.0948 e. The number of nitrogens with one attached hydrogen (secondary N) is 1. The lowest BCUT2D eigenvalue weighted by Gasteiger charge is -1.97. The number of hydrogen-bond acceptors (Lipinski definition) is 3. The van der Waals surface area contributed by atoms with E-state index in [-0.39, 0.29) is 0 Å². The van der Waals surface area contributed by atoms with Crippen molar-refractivity contribution in [3.8, 4) is 0 Å². The van der Waals surface area contributed by atoms with E-state index in [4.69, 9.17) is 17.0 Å². The summed E-state index contributed by atoms with van der Waals surface area (Å²) in [5.41, 5.74) is 1.75. The van der Waals surface area contributed by atoms with Crippen molar-refractivity contribution in [2.45, 2.75) is 6.92 Å². The summed E-state index contributed by atoms with van der Waals surface area (Å²) in [5, 5.41) is 15.2. The van der Waals surface area contributed by atoms with E-state index in [1.807, 2.05) is 13.0 Å². The Hall–Kier alpha value is -1.22. The van der Waals surface area contributed by atoms with E-state index in [2.05, 4.69) is 10.2 Å². The third-order valence-electron chi connectivity index (χ3n) is 1.50. The summed E-state index contributed by atoms with van der Waals surface area (Å²) in [5.74, 6) is 0. The summed E-state index contributed by atoms with van der Waals surface area (Å²) in [4.78, 5) is 0. The highest BCUT2D eigenvalue weighted by molar-refractivity contribution is 6.31. The van der Waals surface area contributed by atoms with Crippen molar-refractivity contribution in [2.24, 2.45) is 10.2 Å². The van der Waals surface area contributed by atoms with E-state index in [9.17, 15) is 0 Å². The maximum absolute atomic E-state index is 6.74. The molecule has 0 unspecified atom stereocenters. The quantitative estimate of drug-likeness (QED) is 0.568. The van der Waals surface area contributed by atoms with Crippen LogP contribution in [0.2, 0.25) is 5.02 Å². The van der Waals surface area contributed by atoms with Crippen molar-refractivity contribution in [3.05, 3.63) is 28.8 Å². The van der Waals surface area contributed by atoms with Gasteiger partial charge >= 0.3 is 0 Å². The van der Waals surface area contributed by atoms with E-state index in [0.29, 0.717) is 6.54 Å². The number of azo groups is 1. The molecule has 0 heterocycles. The van der Waals surface area contributed by atoms with Gasteiger partial charge in [0.25, 0.3) is 0 Å². The molecule has 0 radical (unpaired) electrons. The molecule has 0 fully saturated rings. The highest BCUT2D eigenvalue weighted by Gasteiger charge is 1.95.